The zero-order valence-electron chi connectivity index (χ0n) is 14.2. The Morgan fingerprint density at radius 2 is 2.25 bits per heavy atom. The van der Waals surface area contributed by atoms with Crippen LogP contribution < -0.4 is 15.4 Å². The van der Waals surface area contributed by atoms with E-state index in [2.05, 4.69) is 15.6 Å². The number of aliphatic imine (C=N–C) groups is 1. The molecule has 1 aliphatic heterocycles. The molecule has 1 aromatic rings. The van der Waals surface area contributed by atoms with Crippen LogP contribution >= 0.6 is 24.0 Å². The summed E-state index contributed by atoms with van der Waals surface area (Å²) in [5.41, 5.74) is 1.58. The van der Waals surface area contributed by atoms with E-state index >= 15 is 0 Å². The number of methoxy groups -OCH3 is 1. The summed E-state index contributed by atoms with van der Waals surface area (Å²) in [6.07, 6.45) is 0.624. The van der Waals surface area contributed by atoms with E-state index in [-0.39, 0.29) is 42.6 Å². The second-order valence-electron chi connectivity index (χ2n) is 5.41. The van der Waals surface area contributed by atoms with Crippen molar-refractivity contribution < 1.29 is 18.6 Å². The average molecular weight is 453 g/mol. The molecule has 0 saturated carbocycles. The van der Waals surface area contributed by atoms with Crippen molar-refractivity contribution in [2.75, 3.05) is 34.1 Å². The topological polar surface area (TPSA) is 64.1 Å². The van der Waals surface area contributed by atoms with E-state index in [4.69, 9.17) is 14.2 Å². The Balaban J connectivity index is 0.00000288. The maximum atomic E-state index is 13.7. The maximum Gasteiger partial charge on any atom is 0.191 e. The molecule has 0 bridgehead atoms. The van der Waals surface area contributed by atoms with Gasteiger partial charge in [0.15, 0.2) is 12.8 Å². The van der Waals surface area contributed by atoms with Crippen LogP contribution in [0.1, 0.15) is 18.1 Å². The van der Waals surface area contributed by atoms with Crippen molar-refractivity contribution >= 4 is 29.9 Å². The number of hydrogen-bond acceptors (Lipinski definition) is 4. The monoisotopic (exact) mass is 453 g/mol. The first-order chi connectivity index (χ1) is 11.1. The summed E-state index contributed by atoms with van der Waals surface area (Å²) in [4.78, 5) is 4.16. The summed E-state index contributed by atoms with van der Waals surface area (Å²) < 4.78 is 29.5. The standard InChI is InChI=1S/C16H24FN3O3.HI/c1-11(8-21-3)20-16(18-2)19-5-4-12-6-14(17)7-13-9-22-10-23-15(12)13;/h6-7,11H,4-5,8-10H2,1-3H3,(H2,18,19,20);1H. The summed E-state index contributed by atoms with van der Waals surface area (Å²) in [5.74, 6) is 1.14. The van der Waals surface area contributed by atoms with Gasteiger partial charge < -0.3 is 24.8 Å². The Kier molecular flexibility index (Phi) is 9.30. The highest BCUT2D eigenvalue weighted by Crippen LogP contribution is 2.29. The first kappa shape index (κ1) is 20.9. The molecule has 24 heavy (non-hydrogen) atoms. The lowest BCUT2D eigenvalue weighted by atomic mass is 10.1. The number of nitrogens with zero attached hydrogens (tertiary/aromatic N) is 1. The molecule has 0 aromatic heterocycles. The molecule has 1 aliphatic rings. The SMILES string of the molecule is CN=C(NCCc1cc(F)cc2c1OCOC2)NC(C)COC.I. The number of fused-ring (bicyclic) bond motifs is 1. The number of hydrogen-bond donors (Lipinski definition) is 2. The third-order valence-corrected chi connectivity index (χ3v) is 3.46. The Morgan fingerprint density at radius 3 is 2.96 bits per heavy atom. The fraction of sp³-hybridized carbons (Fsp3) is 0.562. The fourth-order valence-corrected chi connectivity index (χ4v) is 2.48. The number of rotatable bonds is 6. The quantitative estimate of drug-likeness (QED) is 0.392. The van der Waals surface area contributed by atoms with Gasteiger partial charge in [0.25, 0.3) is 0 Å². The van der Waals surface area contributed by atoms with Crippen molar-refractivity contribution in [3.8, 4) is 5.75 Å². The number of ether oxygens (including phenoxy) is 3. The van der Waals surface area contributed by atoms with E-state index in [9.17, 15) is 4.39 Å². The molecule has 2 N–H and O–H groups in total. The predicted octanol–water partition coefficient (Wildman–Crippen LogP) is 2.05. The van der Waals surface area contributed by atoms with Crippen LogP contribution in [-0.4, -0.2) is 46.1 Å². The molecule has 1 heterocycles. The van der Waals surface area contributed by atoms with Gasteiger partial charge in [0, 0.05) is 32.3 Å². The van der Waals surface area contributed by atoms with Gasteiger partial charge in [-0.25, -0.2) is 4.39 Å². The lowest BCUT2D eigenvalue weighted by Crippen LogP contribution is -2.44. The van der Waals surface area contributed by atoms with E-state index in [1.165, 1.54) is 12.1 Å². The molecule has 0 radical (unpaired) electrons. The minimum atomic E-state index is -0.274. The molecule has 0 aliphatic carbocycles. The van der Waals surface area contributed by atoms with E-state index in [1.807, 2.05) is 6.92 Å². The second-order valence-corrected chi connectivity index (χ2v) is 5.41. The van der Waals surface area contributed by atoms with Crippen LogP contribution in [-0.2, 0) is 22.5 Å². The molecule has 1 atom stereocenters. The lowest BCUT2D eigenvalue weighted by Gasteiger charge is -2.21. The van der Waals surface area contributed by atoms with Gasteiger partial charge in [-0.15, -0.1) is 24.0 Å². The van der Waals surface area contributed by atoms with Gasteiger partial charge in [-0.05, 0) is 31.0 Å². The molecule has 1 aromatic carbocycles. The summed E-state index contributed by atoms with van der Waals surface area (Å²) in [6, 6.07) is 3.11. The van der Waals surface area contributed by atoms with Crippen molar-refractivity contribution in [2.45, 2.75) is 26.0 Å². The Bertz CT molecular complexity index is 558. The van der Waals surface area contributed by atoms with Crippen molar-refractivity contribution in [1.29, 1.82) is 0 Å². The molecule has 1 unspecified atom stereocenters. The highest BCUT2D eigenvalue weighted by molar-refractivity contribution is 14.0. The van der Waals surface area contributed by atoms with Crippen molar-refractivity contribution in [3.63, 3.8) is 0 Å². The smallest absolute Gasteiger partial charge is 0.191 e. The lowest BCUT2D eigenvalue weighted by molar-refractivity contribution is -0.0172. The fourth-order valence-electron chi connectivity index (χ4n) is 2.48. The van der Waals surface area contributed by atoms with Gasteiger partial charge in [-0.2, -0.15) is 0 Å². The second kappa shape index (κ2) is 10.7. The van der Waals surface area contributed by atoms with Crippen LogP contribution in [0.25, 0.3) is 0 Å². The van der Waals surface area contributed by atoms with Crippen molar-refractivity contribution in [3.05, 3.63) is 29.1 Å². The Labute approximate surface area is 159 Å². The molecule has 136 valence electrons. The molecule has 8 heteroatoms. The molecule has 0 fully saturated rings. The molecule has 0 spiro atoms. The highest BCUT2D eigenvalue weighted by atomic mass is 127. The Morgan fingerprint density at radius 1 is 1.46 bits per heavy atom. The van der Waals surface area contributed by atoms with Gasteiger partial charge in [0.2, 0.25) is 0 Å². The van der Waals surface area contributed by atoms with E-state index in [1.54, 1.807) is 14.2 Å². The molecule has 6 nitrogen and oxygen atoms in total. The predicted molar refractivity (Wildman–Crippen MR) is 102 cm³/mol. The maximum absolute atomic E-state index is 13.7. The van der Waals surface area contributed by atoms with Crippen molar-refractivity contribution in [1.82, 2.24) is 10.6 Å². The van der Waals surface area contributed by atoms with Gasteiger partial charge in [-0.3, -0.25) is 4.99 Å². The van der Waals surface area contributed by atoms with Gasteiger partial charge in [-0.1, -0.05) is 0 Å². The molecule has 0 saturated heterocycles. The Hall–Kier alpha value is -1.13. The number of benzene rings is 1. The summed E-state index contributed by atoms with van der Waals surface area (Å²) >= 11 is 0. The van der Waals surface area contributed by atoms with Crippen LogP contribution in [0.5, 0.6) is 5.75 Å². The van der Waals surface area contributed by atoms with Crippen LogP contribution in [0, 0.1) is 5.82 Å². The van der Waals surface area contributed by atoms with Crippen LogP contribution in [0.2, 0.25) is 0 Å². The zero-order valence-corrected chi connectivity index (χ0v) is 16.6. The minimum Gasteiger partial charge on any atom is -0.467 e. The van der Waals surface area contributed by atoms with Crippen LogP contribution in [0.15, 0.2) is 17.1 Å². The normalized spacial score (nSPS) is 14.9. The van der Waals surface area contributed by atoms with Gasteiger partial charge >= 0.3 is 0 Å². The number of guanidine groups is 1. The van der Waals surface area contributed by atoms with Crippen LogP contribution in [0.4, 0.5) is 4.39 Å². The van der Waals surface area contributed by atoms with Crippen molar-refractivity contribution in [2.24, 2.45) is 4.99 Å². The van der Waals surface area contributed by atoms with Gasteiger partial charge in [0.1, 0.15) is 11.6 Å². The zero-order chi connectivity index (χ0) is 16.7. The van der Waals surface area contributed by atoms with Gasteiger partial charge in [0.05, 0.1) is 13.2 Å². The van der Waals surface area contributed by atoms with E-state index < -0.39 is 0 Å². The van der Waals surface area contributed by atoms with E-state index in [0.717, 1.165) is 16.9 Å². The number of nitrogens with one attached hydrogen (secondary N) is 2. The molecule has 2 rings (SSSR count). The van der Waals surface area contributed by atoms with E-state index in [0.29, 0.717) is 32.1 Å². The largest absolute Gasteiger partial charge is 0.467 e. The molecular formula is C16H25FIN3O3. The molecule has 0 amide bonds. The number of halogens is 2. The summed E-state index contributed by atoms with van der Waals surface area (Å²) in [6.45, 7) is 3.79. The highest BCUT2D eigenvalue weighted by Gasteiger charge is 2.16. The minimum absolute atomic E-state index is 0. The third kappa shape index (κ3) is 6.06. The van der Waals surface area contributed by atoms with Crippen LogP contribution in [0.3, 0.4) is 0 Å². The summed E-state index contributed by atoms with van der Waals surface area (Å²) in [5, 5.41) is 6.42. The summed E-state index contributed by atoms with van der Waals surface area (Å²) in [7, 11) is 3.37. The third-order valence-electron chi connectivity index (χ3n) is 3.46. The first-order valence-electron chi connectivity index (χ1n) is 7.62. The first-order valence-corrected chi connectivity index (χ1v) is 7.62. The average Bonchev–Trinajstić information content (AvgIpc) is 2.53. The molecular weight excluding hydrogens is 428 g/mol.